The third-order valence-corrected chi connectivity index (χ3v) is 8.26. The molecule has 1 aromatic carbocycles. The molecule has 5 rings (SSSR count). The van der Waals surface area contributed by atoms with E-state index in [9.17, 15) is 19.5 Å². The topological polar surface area (TPSA) is 131 Å². The number of benzene rings is 2. The zero-order valence-corrected chi connectivity index (χ0v) is 26.7. The molecular weight excluding hydrogens is 580 g/mol. The van der Waals surface area contributed by atoms with Crippen LogP contribution in [0.15, 0.2) is 37.6 Å². The van der Waals surface area contributed by atoms with Crippen molar-refractivity contribution in [2.24, 2.45) is 4.99 Å². The van der Waals surface area contributed by atoms with Gasteiger partial charge in [0.1, 0.15) is 0 Å². The first-order chi connectivity index (χ1) is 21.7. The van der Waals surface area contributed by atoms with Crippen molar-refractivity contribution in [3.63, 3.8) is 0 Å². The second-order valence-corrected chi connectivity index (χ2v) is 11.9. The van der Waals surface area contributed by atoms with E-state index in [4.69, 9.17) is 19.2 Å². The van der Waals surface area contributed by atoms with Gasteiger partial charge in [-0.3, -0.25) is 33.4 Å². The van der Waals surface area contributed by atoms with Crippen molar-refractivity contribution in [3.05, 3.63) is 54.6 Å². The van der Waals surface area contributed by atoms with E-state index >= 15 is 0 Å². The molecule has 0 bridgehead atoms. The Kier molecular flexibility index (Phi) is 10.8. The number of aromatic hydroxyl groups is 1. The summed E-state index contributed by atoms with van der Waals surface area (Å²) < 4.78 is 19.4. The number of morpholine rings is 1. The summed E-state index contributed by atoms with van der Waals surface area (Å²) in [5.41, 5.74) is -0.607. The van der Waals surface area contributed by atoms with Gasteiger partial charge in [0, 0.05) is 67.5 Å². The molecule has 2 aromatic rings. The van der Waals surface area contributed by atoms with Crippen molar-refractivity contribution in [3.8, 4) is 17.0 Å². The Morgan fingerprint density at radius 3 is 2.13 bits per heavy atom. The molecule has 1 N–H and O–H groups in total. The standard InChI is InChI=1S/C32H44N6O7/c1-34(2)8-10-37-29(39)22-5-6-23-27-26(22)24(31(37)41)21-25(28(27)32(42)38(30(23)40)11-9-35(3)4)33-7-15-43-19-20-45-18-14-36-12-16-44-17-13-36/h5-6,21,40H,7-20H2,1-4H3. The maximum absolute atomic E-state index is 14.0. The van der Waals surface area contributed by atoms with Crippen LogP contribution in [0.3, 0.4) is 0 Å². The number of ether oxygens (including phenoxy) is 3. The van der Waals surface area contributed by atoms with Gasteiger partial charge in [-0.2, -0.15) is 0 Å². The number of nitrogens with zero attached hydrogens (tertiary/aromatic N) is 6. The molecule has 1 aromatic heterocycles. The minimum atomic E-state index is -0.443. The van der Waals surface area contributed by atoms with Crippen LogP contribution in [-0.2, 0) is 27.3 Å². The van der Waals surface area contributed by atoms with E-state index in [0.29, 0.717) is 72.2 Å². The van der Waals surface area contributed by atoms with Crippen LogP contribution in [0.2, 0.25) is 0 Å². The van der Waals surface area contributed by atoms with Gasteiger partial charge in [0.15, 0.2) is 0 Å². The summed E-state index contributed by atoms with van der Waals surface area (Å²) >= 11 is 0. The van der Waals surface area contributed by atoms with Gasteiger partial charge >= 0.3 is 0 Å². The van der Waals surface area contributed by atoms with Crippen molar-refractivity contribution in [2.45, 2.75) is 13.1 Å². The monoisotopic (exact) mass is 624 g/mol. The third kappa shape index (κ3) is 7.19. The second-order valence-electron chi connectivity index (χ2n) is 11.9. The van der Waals surface area contributed by atoms with E-state index in [-0.39, 0.29) is 30.9 Å². The summed E-state index contributed by atoms with van der Waals surface area (Å²) in [5.74, 6) is -0.198. The molecule has 244 valence electrons. The Labute approximate surface area is 261 Å². The van der Waals surface area contributed by atoms with Gasteiger partial charge in [0.05, 0.1) is 62.5 Å². The van der Waals surface area contributed by atoms with Crippen LogP contribution in [0, 0.1) is 0 Å². The maximum atomic E-state index is 14.0. The molecular formula is C32H44N6O7. The molecule has 0 amide bonds. The first-order valence-corrected chi connectivity index (χ1v) is 15.5. The van der Waals surface area contributed by atoms with Crippen LogP contribution in [0.4, 0.5) is 0 Å². The van der Waals surface area contributed by atoms with Crippen molar-refractivity contribution < 1.29 is 19.3 Å². The van der Waals surface area contributed by atoms with Gasteiger partial charge in [-0.1, -0.05) is 0 Å². The molecule has 0 atom stereocenters. The molecule has 0 radical (unpaired) electrons. The lowest BCUT2D eigenvalue weighted by Crippen LogP contribution is -2.39. The van der Waals surface area contributed by atoms with Crippen molar-refractivity contribution in [1.29, 1.82) is 0 Å². The SMILES string of the molecule is CN(C)CCn1c(O)c2ccc3c4c2c(c(=NCCOCCOCCN2CCOCC2)cc-4c(=O)n(CCN(C)C)c3=O)c1=O. The lowest BCUT2D eigenvalue weighted by Gasteiger charge is -2.26. The molecule has 3 aliphatic rings. The highest BCUT2D eigenvalue weighted by Crippen LogP contribution is 2.36. The number of aromatic nitrogens is 2. The molecule has 45 heavy (non-hydrogen) atoms. The maximum Gasteiger partial charge on any atom is 0.263 e. The first-order valence-electron chi connectivity index (χ1n) is 15.5. The normalized spacial score (nSPS) is 15.2. The summed E-state index contributed by atoms with van der Waals surface area (Å²) in [6.45, 7) is 7.77. The number of hydrogen-bond acceptors (Lipinski definition) is 11. The van der Waals surface area contributed by atoms with E-state index in [1.165, 1.54) is 9.13 Å². The highest BCUT2D eigenvalue weighted by atomic mass is 16.5. The van der Waals surface area contributed by atoms with E-state index in [2.05, 4.69) is 4.90 Å². The average molecular weight is 625 g/mol. The van der Waals surface area contributed by atoms with Gasteiger partial charge in [-0.05, 0) is 46.4 Å². The summed E-state index contributed by atoms with van der Waals surface area (Å²) in [6, 6.07) is 4.90. The lowest BCUT2D eigenvalue weighted by molar-refractivity contribution is 0.00874. The number of pyridine rings is 2. The molecule has 1 saturated heterocycles. The number of hydrogen-bond donors (Lipinski definition) is 1. The van der Waals surface area contributed by atoms with Crippen LogP contribution < -0.4 is 22.0 Å². The van der Waals surface area contributed by atoms with Gasteiger partial charge < -0.3 is 29.1 Å². The van der Waals surface area contributed by atoms with E-state index in [1.807, 2.05) is 38.0 Å². The Morgan fingerprint density at radius 1 is 0.800 bits per heavy atom. The zero-order chi connectivity index (χ0) is 32.1. The molecule has 0 spiro atoms. The Balaban J connectivity index is 1.46. The molecule has 2 aliphatic heterocycles. The third-order valence-electron chi connectivity index (χ3n) is 8.26. The molecule has 1 fully saturated rings. The van der Waals surface area contributed by atoms with Crippen LogP contribution in [-0.4, -0.2) is 136 Å². The fraction of sp³-hybridized carbons (Fsp3) is 0.562. The second kappa shape index (κ2) is 14.8. The first kappa shape index (κ1) is 32.9. The minimum absolute atomic E-state index is 0.198. The predicted molar refractivity (Wildman–Crippen MR) is 173 cm³/mol. The van der Waals surface area contributed by atoms with Crippen LogP contribution in [0.5, 0.6) is 5.88 Å². The summed E-state index contributed by atoms with van der Waals surface area (Å²) in [6.07, 6.45) is 0. The zero-order valence-electron chi connectivity index (χ0n) is 26.7. The van der Waals surface area contributed by atoms with Crippen molar-refractivity contribution in [1.82, 2.24) is 23.8 Å². The van der Waals surface area contributed by atoms with Crippen molar-refractivity contribution in [2.75, 3.05) is 107 Å². The fourth-order valence-corrected chi connectivity index (χ4v) is 5.77. The van der Waals surface area contributed by atoms with Crippen LogP contribution in [0.25, 0.3) is 32.7 Å². The predicted octanol–water partition coefficient (Wildman–Crippen LogP) is -0.248. The lowest BCUT2D eigenvalue weighted by atomic mass is 9.90. The van der Waals surface area contributed by atoms with E-state index in [1.54, 1.807) is 18.2 Å². The van der Waals surface area contributed by atoms with Gasteiger partial charge in [-0.15, -0.1) is 0 Å². The van der Waals surface area contributed by atoms with E-state index in [0.717, 1.165) is 32.8 Å². The highest BCUT2D eigenvalue weighted by molar-refractivity contribution is 6.15. The summed E-state index contributed by atoms with van der Waals surface area (Å²) in [7, 11) is 7.53. The Morgan fingerprint density at radius 2 is 1.44 bits per heavy atom. The molecule has 0 unspecified atom stereocenters. The van der Waals surface area contributed by atoms with Gasteiger partial charge in [0.25, 0.3) is 16.7 Å². The molecule has 1 aliphatic carbocycles. The van der Waals surface area contributed by atoms with Gasteiger partial charge in [-0.25, -0.2) is 0 Å². The van der Waals surface area contributed by atoms with Crippen molar-refractivity contribution >= 4 is 21.5 Å². The Bertz CT molecular complexity index is 1800. The Hall–Kier alpha value is -3.46. The number of likely N-dealkylation sites (N-methyl/N-ethyl adjacent to an activating group) is 2. The largest absolute Gasteiger partial charge is 0.494 e. The van der Waals surface area contributed by atoms with E-state index < -0.39 is 16.7 Å². The fourth-order valence-electron chi connectivity index (χ4n) is 5.77. The quantitative estimate of drug-likeness (QED) is 0.140. The van der Waals surface area contributed by atoms with Crippen LogP contribution in [0.1, 0.15) is 0 Å². The molecule has 13 heteroatoms. The summed E-state index contributed by atoms with van der Waals surface area (Å²) in [4.78, 5) is 52.1. The highest BCUT2D eigenvalue weighted by Gasteiger charge is 2.26. The van der Waals surface area contributed by atoms with Crippen LogP contribution >= 0.6 is 0 Å². The molecule has 3 heterocycles. The average Bonchev–Trinajstić information content (AvgIpc) is 3.01. The minimum Gasteiger partial charge on any atom is -0.494 e. The number of rotatable bonds is 15. The smallest absolute Gasteiger partial charge is 0.263 e. The molecule has 0 saturated carbocycles. The molecule has 13 nitrogen and oxygen atoms in total. The van der Waals surface area contributed by atoms with Gasteiger partial charge in [0.2, 0.25) is 5.88 Å². The summed E-state index contributed by atoms with van der Waals surface area (Å²) in [5, 5.41) is 13.0.